The van der Waals surface area contributed by atoms with Crippen LogP contribution in [0.5, 0.6) is 0 Å². The van der Waals surface area contributed by atoms with E-state index in [4.69, 9.17) is 10.5 Å². The molecule has 2 aliphatic rings. The van der Waals surface area contributed by atoms with E-state index in [-0.39, 0.29) is 0 Å². The van der Waals surface area contributed by atoms with Crippen LogP contribution in [-0.2, 0) is 4.74 Å². The minimum atomic E-state index is 0.476. The second-order valence-corrected chi connectivity index (χ2v) is 5.63. The maximum absolute atomic E-state index is 6.23. The van der Waals surface area contributed by atoms with Gasteiger partial charge in [-0.1, -0.05) is 6.92 Å². The van der Waals surface area contributed by atoms with Crippen molar-refractivity contribution in [2.24, 2.45) is 23.5 Å². The first-order valence-electron chi connectivity index (χ1n) is 6.59. The first kappa shape index (κ1) is 11.4. The molecule has 1 saturated carbocycles. The highest BCUT2D eigenvalue weighted by molar-refractivity contribution is 4.83. The Balaban J connectivity index is 1.80. The van der Waals surface area contributed by atoms with Crippen molar-refractivity contribution in [3.05, 3.63) is 0 Å². The zero-order valence-corrected chi connectivity index (χ0v) is 9.95. The Labute approximate surface area is 93.6 Å². The molecule has 0 aromatic heterocycles. The minimum absolute atomic E-state index is 0.476. The Bertz CT molecular complexity index is 189. The molecule has 2 nitrogen and oxygen atoms in total. The van der Waals surface area contributed by atoms with Gasteiger partial charge < -0.3 is 10.5 Å². The van der Waals surface area contributed by atoms with Crippen LogP contribution < -0.4 is 5.73 Å². The van der Waals surface area contributed by atoms with Crippen LogP contribution in [-0.4, -0.2) is 19.3 Å². The molecule has 0 aromatic rings. The second kappa shape index (κ2) is 5.31. The number of hydrogen-bond donors (Lipinski definition) is 1. The molecule has 0 spiro atoms. The van der Waals surface area contributed by atoms with Crippen LogP contribution in [0.15, 0.2) is 0 Å². The third-order valence-corrected chi connectivity index (χ3v) is 4.28. The maximum Gasteiger partial charge on any atom is 0.0468 e. The number of ether oxygens (including phenoxy) is 1. The van der Waals surface area contributed by atoms with E-state index in [1.165, 1.54) is 38.5 Å². The van der Waals surface area contributed by atoms with Gasteiger partial charge >= 0.3 is 0 Å². The second-order valence-electron chi connectivity index (χ2n) is 5.63. The first-order chi connectivity index (χ1) is 7.25. The van der Waals surface area contributed by atoms with Crippen LogP contribution in [0.25, 0.3) is 0 Å². The zero-order valence-electron chi connectivity index (χ0n) is 9.95. The van der Waals surface area contributed by atoms with Gasteiger partial charge in [-0.15, -0.1) is 0 Å². The molecule has 1 aliphatic carbocycles. The van der Waals surface area contributed by atoms with E-state index in [0.29, 0.717) is 6.04 Å². The highest BCUT2D eigenvalue weighted by atomic mass is 16.5. The number of hydrogen-bond acceptors (Lipinski definition) is 2. The molecule has 1 heterocycles. The molecule has 0 radical (unpaired) electrons. The topological polar surface area (TPSA) is 35.2 Å². The van der Waals surface area contributed by atoms with Gasteiger partial charge in [0.2, 0.25) is 0 Å². The lowest BCUT2D eigenvalue weighted by atomic mass is 9.74. The van der Waals surface area contributed by atoms with Gasteiger partial charge in [0, 0.05) is 19.3 Å². The van der Waals surface area contributed by atoms with Gasteiger partial charge in [-0.25, -0.2) is 0 Å². The van der Waals surface area contributed by atoms with Crippen LogP contribution in [0.2, 0.25) is 0 Å². The average Bonchev–Trinajstić information content (AvgIpc) is 2.25. The van der Waals surface area contributed by atoms with Gasteiger partial charge in [0.1, 0.15) is 0 Å². The summed E-state index contributed by atoms with van der Waals surface area (Å²) >= 11 is 0. The molecule has 2 rings (SSSR count). The van der Waals surface area contributed by atoms with Gasteiger partial charge in [-0.2, -0.15) is 0 Å². The fourth-order valence-electron chi connectivity index (χ4n) is 3.20. The molecule has 3 unspecified atom stereocenters. The number of rotatable bonds is 2. The summed E-state index contributed by atoms with van der Waals surface area (Å²) in [4.78, 5) is 0. The molecule has 3 atom stereocenters. The molecular formula is C13H25NO. The third kappa shape index (κ3) is 3.18. The molecule has 15 heavy (non-hydrogen) atoms. The van der Waals surface area contributed by atoms with Gasteiger partial charge in [0.25, 0.3) is 0 Å². The largest absolute Gasteiger partial charge is 0.381 e. The Morgan fingerprint density at radius 2 is 1.87 bits per heavy atom. The summed E-state index contributed by atoms with van der Waals surface area (Å²) in [6.07, 6.45) is 7.82. The van der Waals surface area contributed by atoms with Gasteiger partial charge in [-0.05, 0) is 56.3 Å². The van der Waals surface area contributed by atoms with Crippen LogP contribution in [0, 0.1) is 17.8 Å². The van der Waals surface area contributed by atoms with Crippen LogP contribution in [0.1, 0.15) is 45.4 Å². The first-order valence-corrected chi connectivity index (χ1v) is 6.59. The highest BCUT2D eigenvalue weighted by Gasteiger charge is 2.28. The fraction of sp³-hybridized carbons (Fsp3) is 1.00. The molecule has 88 valence electrons. The van der Waals surface area contributed by atoms with Crippen molar-refractivity contribution in [3.63, 3.8) is 0 Å². The normalized spacial score (nSPS) is 39.2. The lowest BCUT2D eigenvalue weighted by molar-refractivity contribution is 0.0526. The van der Waals surface area contributed by atoms with Crippen molar-refractivity contribution in [2.45, 2.75) is 51.5 Å². The van der Waals surface area contributed by atoms with Gasteiger partial charge in [0.15, 0.2) is 0 Å². The molecule has 0 bridgehead atoms. The predicted molar refractivity (Wildman–Crippen MR) is 62.6 cm³/mol. The Morgan fingerprint density at radius 1 is 1.13 bits per heavy atom. The molecule has 1 saturated heterocycles. The Hall–Kier alpha value is -0.0800. The molecule has 2 fully saturated rings. The van der Waals surface area contributed by atoms with E-state index in [1.54, 1.807) is 0 Å². The summed E-state index contributed by atoms with van der Waals surface area (Å²) in [6, 6.07) is 0.476. The average molecular weight is 211 g/mol. The van der Waals surface area contributed by atoms with Crippen LogP contribution in [0.4, 0.5) is 0 Å². The quantitative estimate of drug-likeness (QED) is 0.762. The van der Waals surface area contributed by atoms with E-state index < -0.39 is 0 Å². The molecular weight excluding hydrogens is 186 g/mol. The van der Waals surface area contributed by atoms with Crippen LogP contribution in [0.3, 0.4) is 0 Å². The molecule has 0 amide bonds. The Morgan fingerprint density at radius 3 is 2.60 bits per heavy atom. The van der Waals surface area contributed by atoms with Crippen molar-refractivity contribution < 1.29 is 4.74 Å². The summed E-state index contributed by atoms with van der Waals surface area (Å²) in [5.41, 5.74) is 6.23. The molecule has 0 aromatic carbocycles. The molecule has 1 aliphatic heterocycles. The SMILES string of the molecule is CC1CCC(N)C(CC2CCOCC2)C1. The van der Waals surface area contributed by atoms with Crippen molar-refractivity contribution in [2.75, 3.05) is 13.2 Å². The zero-order chi connectivity index (χ0) is 10.7. The van der Waals surface area contributed by atoms with Crippen molar-refractivity contribution >= 4 is 0 Å². The van der Waals surface area contributed by atoms with Gasteiger partial charge in [-0.3, -0.25) is 0 Å². The van der Waals surface area contributed by atoms with E-state index in [2.05, 4.69) is 6.92 Å². The third-order valence-electron chi connectivity index (χ3n) is 4.28. The van der Waals surface area contributed by atoms with E-state index in [1.807, 2.05) is 0 Å². The van der Waals surface area contributed by atoms with Crippen molar-refractivity contribution in [3.8, 4) is 0 Å². The summed E-state index contributed by atoms with van der Waals surface area (Å²) < 4.78 is 5.41. The minimum Gasteiger partial charge on any atom is -0.381 e. The fourth-order valence-corrected chi connectivity index (χ4v) is 3.20. The molecule has 2 N–H and O–H groups in total. The van der Waals surface area contributed by atoms with Crippen LogP contribution >= 0.6 is 0 Å². The van der Waals surface area contributed by atoms with E-state index >= 15 is 0 Å². The smallest absolute Gasteiger partial charge is 0.0468 e. The van der Waals surface area contributed by atoms with E-state index in [9.17, 15) is 0 Å². The highest BCUT2D eigenvalue weighted by Crippen LogP contribution is 2.34. The Kier molecular flexibility index (Phi) is 4.04. The summed E-state index contributed by atoms with van der Waals surface area (Å²) in [7, 11) is 0. The maximum atomic E-state index is 6.23. The van der Waals surface area contributed by atoms with E-state index in [0.717, 1.165) is 31.0 Å². The van der Waals surface area contributed by atoms with Gasteiger partial charge in [0.05, 0.1) is 0 Å². The number of nitrogens with two attached hydrogens (primary N) is 1. The van der Waals surface area contributed by atoms with Crippen molar-refractivity contribution in [1.29, 1.82) is 0 Å². The van der Waals surface area contributed by atoms with Crippen molar-refractivity contribution in [1.82, 2.24) is 0 Å². The predicted octanol–water partition coefficient (Wildman–Crippen LogP) is 2.57. The summed E-state index contributed by atoms with van der Waals surface area (Å²) in [5, 5.41) is 0. The molecule has 2 heteroatoms. The lowest BCUT2D eigenvalue weighted by Crippen LogP contribution is -2.37. The monoisotopic (exact) mass is 211 g/mol. The summed E-state index contributed by atoms with van der Waals surface area (Å²) in [5.74, 6) is 2.58. The lowest BCUT2D eigenvalue weighted by Gasteiger charge is -2.35. The summed E-state index contributed by atoms with van der Waals surface area (Å²) in [6.45, 7) is 4.33. The standard InChI is InChI=1S/C13H25NO/c1-10-2-3-13(14)12(8-10)9-11-4-6-15-7-5-11/h10-13H,2-9,14H2,1H3.